The molecule has 1 aliphatic heterocycles. The van der Waals surface area contributed by atoms with Gasteiger partial charge in [-0.05, 0) is 51.5 Å². The molecule has 5 rings (SSSR count). The molecule has 4 heteroatoms. The summed E-state index contributed by atoms with van der Waals surface area (Å²) in [5.41, 5.74) is 4.75. The first-order valence-electron chi connectivity index (χ1n) is 9.48. The topological polar surface area (TPSA) is 39.4 Å². The van der Waals surface area contributed by atoms with E-state index >= 15 is 0 Å². The van der Waals surface area contributed by atoms with Gasteiger partial charge < -0.3 is 4.84 Å². The molecule has 1 spiro atoms. The number of fused-ring (bicyclic) bond motifs is 1. The second-order valence-electron chi connectivity index (χ2n) is 7.90. The van der Waals surface area contributed by atoms with Crippen LogP contribution in [-0.2, 0) is 4.84 Å². The number of oxime groups is 1. The van der Waals surface area contributed by atoms with Crippen molar-refractivity contribution < 1.29 is 4.84 Å². The summed E-state index contributed by atoms with van der Waals surface area (Å²) in [6, 6.07) is 7.29. The number of hydrogen-bond donors (Lipinski definition) is 0. The van der Waals surface area contributed by atoms with Gasteiger partial charge in [0.15, 0.2) is 0 Å². The fourth-order valence-electron chi connectivity index (χ4n) is 4.87. The Balaban J connectivity index is 1.52. The Kier molecular flexibility index (Phi) is 3.22. The average Bonchev–Trinajstić information content (AvgIpc) is 3.37. The molecule has 0 radical (unpaired) electrons. The van der Waals surface area contributed by atoms with Gasteiger partial charge in [-0.2, -0.15) is 5.10 Å². The third-order valence-corrected chi connectivity index (χ3v) is 6.25. The number of rotatable bonds is 2. The average molecular weight is 323 g/mol. The Morgan fingerprint density at radius 1 is 1.12 bits per heavy atom. The monoisotopic (exact) mass is 323 g/mol. The summed E-state index contributed by atoms with van der Waals surface area (Å²) < 4.78 is 2.28. The lowest BCUT2D eigenvalue weighted by molar-refractivity contribution is -0.0126. The van der Waals surface area contributed by atoms with Crippen LogP contribution in [0.25, 0.3) is 10.9 Å². The van der Waals surface area contributed by atoms with Crippen LogP contribution in [0.5, 0.6) is 0 Å². The predicted molar refractivity (Wildman–Crippen MR) is 95.4 cm³/mol. The fourth-order valence-corrected chi connectivity index (χ4v) is 4.87. The third-order valence-electron chi connectivity index (χ3n) is 6.25. The van der Waals surface area contributed by atoms with Crippen LogP contribution in [0.1, 0.15) is 75.1 Å². The Labute approximate surface area is 142 Å². The molecule has 4 nitrogen and oxygen atoms in total. The van der Waals surface area contributed by atoms with E-state index in [-0.39, 0.29) is 5.60 Å². The largest absolute Gasteiger partial charge is 0.389 e. The van der Waals surface area contributed by atoms with Gasteiger partial charge in [0, 0.05) is 17.4 Å². The smallest absolute Gasteiger partial charge is 0.143 e. The summed E-state index contributed by atoms with van der Waals surface area (Å²) in [7, 11) is 0. The van der Waals surface area contributed by atoms with Gasteiger partial charge in [0.2, 0.25) is 0 Å². The summed E-state index contributed by atoms with van der Waals surface area (Å²) in [5, 5.41) is 10.6. The zero-order valence-corrected chi connectivity index (χ0v) is 14.4. The highest BCUT2D eigenvalue weighted by Crippen LogP contribution is 2.41. The Morgan fingerprint density at radius 2 is 1.92 bits per heavy atom. The van der Waals surface area contributed by atoms with Gasteiger partial charge in [-0.1, -0.05) is 30.1 Å². The quantitative estimate of drug-likeness (QED) is 0.789. The molecule has 0 N–H and O–H groups in total. The Hall–Kier alpha value is -1.84. The minimum Gasteiger partial charge on any atom is -0.389 e. The van der Waals surface area contributed by atoms with Gasteiger partial charge >= 0.3 is 0 Å². The first-order valence-corrected chi connectivity index (χ1v) is 9.48. The van der Waals surface area contributed by atoms with E-state index < -0.39 is 0 Å². The molecule has 1 aromatic carbocycles. The van der Waals surface area contributed by atoms with E-state index in [0.29, 0.717) is 6.04 Å². The van der Waals surface area contributed by atoms with Crippen LogP contribution in [0.2, 0.25) is 0 Å². The normalized spacial score (nSPS) is 23.3. The van der Waals surface area contributed by atoms with Crippen LogP contribution in [0.3, 0.4) is 0 Å². The van der Waals surface area contributed by atoms with E-state index in [0.717, 1.165) is 30.7 Å². The highest BCUT2D eigenvalue weighted by atomic mass is 16.7. The van der Waals surface area contributed by atoms with Gasteiger partial charge in [0.05, 0.1) is 23.0 Å². The van der Waals surface area contributed by atoms with Crippen molar-refractivity contribution in [2.24, 2.45) is 5.16 Å². The fraction of sp³-hybridized carbons (Fsp3) is 0.600. The van der Waals surface area contributed by atoms with Gasteiger partial charge in [0.25, 0.3) is 0 Å². The minimum absolute atomic E-state index is 0.00586. The summed E-state index contributed by atoms with van der Waals surface area (Å²) in [6.07, 6.45) is 11.0. The maximum Gasteiger partial charge on any atom is 0.143 e. The molecule has 2 aromatic rings. The molecule has 0 bridgehead atoms. The molecule has 2 saturated carbocycles. The molecule has 24 heavy (non-hydrogen) atoms. The van der Waals surface area contributed by atoms with E-state index in [1.54, 1.807) is 0 Å². The molecule has 0 atom stereocenters. The second kappa shape index (κ2) is 5.33. The van der Waals surface area contributed by atoms with Crippen molar-refractivity contribution in [2.45, 2.75) is 76.4 Å². The minimum atomic E-state index is 0.00586. The number of nitrogens with zero attached hydrogens (tertiary/aromatic N) is 3. The van der Waals surface area contributed by atoms with E-state index in [1.165, 1.54) is 55.0 Å². The van der Waals surface area contributed by atoms with E-state index in [2.05, 4.69) is 35.0 Å². The van der Waals surface area contributed by atoms with Crippen LogP contribution in [0.15, 0.2) is 23.4 Å². The molecular formula is C20H25N3O. The molecule has 0 unspecified atom stereocenters. The summed E-state index contributed by atoms with van der Waals surface area (Å²) >= 11 is 0. The van der Waals surface area contributed by atoms with Crippen LogP contribution in [0, 0.1) is 6.92 Å². The molecule has 1 aromatic heterocycles. The molecule has 2 aliphatic carbocycles. The van der Waals surface area contributed by atoms with E-state index in [4.69, 9.17) is 9.94 Å². The molecule has 2 heterocycles. The molecule has 0 saturated heterocycles. The summed E-state index contributed by atoms with van der Waals surface area (Å²) in [4.78, 5) is 5.88. The van der Waals surface area contributed by atoms with Gasteiger partial charge in [0.1, 0.15) is 5.60 Å². The molecule has 2 fully saturated rings. The molecule has 126 valence electrons. The first kappa shape index (κ1) is 14.5. The van der Waals surface area contributed by atoms with Crippen molar-refractivity contribution in [2.75, 3.05) is 0 Å². The van der Waals surface area contributed by atoms with Crippen LogP contribution in [-0.4, -0.2) is 21.1 Å². The van der Waals surface area contributed by atoms with Crippen molar-refractivity contribution in [3.05, 3.63) is 29.5 Å². The molecular weight excluding hydrogens is 298 g/mol. The number of aryl methyl sites for hydroxylation is 1. The van der Waals surface area contributed by atoms with Gasteiger partial charge in [-0.25, -0.2) is 0 Å². The van der Waals surface area contributed by atoms with Gasteiger partial charge in [-0.15, -0.1) is 0 Å². The van der Waals surface area contributed by atoms with E-state index in [1.807, 2.05) is 0 Å². The second-order valence-corrected chi connectivity index (χ2v) is 7.90. The lowest BCUT2D eigenvalue weighted by atomic mass is 9.92. The maximum atomic E-state index is 5.88. The number of aromatic nitrogens is 2. The summed E-state index contributed by atoms with van der Waals surface area (Å²) in [5.74, 6) is 0. The highest BCUT2D eigenvalue weighted by Gasteiger charge is 2.42. The van der Waals surface area contributed by atoms with Gasteiger partial charge in [-0.3, -0.25) is 4.68 Å². The van der Waals surface area contributed by atoms with E-state index in [9.17, 15) is 0 Å². The van der Waals surface area contributed by atoms with Crippen molar-refractivity contribution in [3.8, 4) is 0 Å². The maximum absolute atomic E-state index is 5.88. The Morgan fingerprint density at radius 3 is 2.71 bits per heavy atom. The molecule has 0 amide bonds. The standard InChI is InChI=1S/C20H25N3O/c1-14-17-9-8-15(18-13-20(24-22-18)10-4-5-11-20)12-19(17)23(21-14)16-6-2-3-7-16/h8-9,12,16H,2-7,10-11,13H2,1H3. The zero-order valence-electron chi connectivity index (χ0n) is 14.4. The third kappa shape index (κ3) is 2.19. The first-order chi connectivity index (χ1) is 11.7. The Bertz CT molecular complexity index is 808. The highest BCUT2D eigenvalue weighted by molar-refractivity contribution is 6.04. The van der Waals surface area contributed by atoms with Crippen molar-refractivity contribution >= 4 is 16.6 Å². The van der Waals surface area contributed by atoms with Crippen LogP contribution >= 0.6 is 0 Å². The van der Waals surface area contributed by atoms with Crippen LogP contribution in [0.4, 0.5) is 0 Å². The number of hydrogen-bond acceptors (Lipinski definition) is 3. The lowest BCUT2D eigenvalue weighted by Gasteiger charge is -2.19. The van der Waals surface area contributed by atoms with Crippen molar-refractivity contribution in [1.82, 2.24) is 9.78 Å². The zero-order chi connectivity index (χ0) is 16.1. The number of benzene rings is 1. The summed E-state index contributed by atoms with van der Waals surface area (Å²) in [6.45, 7) is 2.12. The van der Waals surface area contributed by atoms with Crippen LogP contribution < -0.4 is 0 Å². The lowest BCUT2D eigenvalue weighted by Crippen LogP contribution is -2.24. The molecule has 3 aliphatic rings. The predicted octanol–water partition coefficient (Wildman–Crippen LogP) is 4.90. The van der Waals surface area contributed by atoms with Crippen molar-refractivity contribution in [1.29, 1.82) is 0 Å². The SMILES string of the molecule is Cc1nn(C2CCCC2)c2cc(C3=NOC4(CCCC4)C3)ccc12. The van der Waals surface area contributed by atoms with Crippen molar-refractivity contribution in [3.63, 3.8) is 0 Å².